The van der Waals surface area contributed by atoms with E-state index in [1.54, 1.807) is 12.5 Å². The zero-order valence-corrected chi connectivity index (χ0v) is 11.1. The van der Waals surface area contributed by atoms with E-state index in [1.165, 1.54) is 0 Å². The fourth-order valence-electron chi connectivity index (χ4n) is 1.66. The monoisotopic (exact) mass is 265 g/mol. The van der Waals surface area contributed by atoms with Gasteiger partial charge >= 0.3 is 0 Å². The molecule has 2 aromatic heterocycles. The van der Waals surface area contributed by atoms with Gasteiger partial charge in [0.05, 0.1) is 12.0 Å². The lowest BCUT2D eigenvalue weighted by Crippen LogP contribution is -2.35. The van der Waals surface area contributed by atoms with Gasteiger partial charge in [0.2, 0.25) is 0 Å². The first kappa shape index (κ1) is 12.7. The summed E-state index contributed by atoms with van der Waals surface area (Å²) in [5.74, 6) is -0.102. The molecule has 7 heteroatoms. The second kappa shape index (κ2) is 5.72. The largest absolute Gasteiger partial charge is 0.347 e. The van der Waals surface area contributed by atoms with Crippen LogP contribution in [0.5, 0.6) is 0 Å². The fourth-order valence-corrected chi connectivity index (χ4v) is 2.31. The number of hydrogen-bond donors (Lipinski definition) is 1. The Kier molecular flexibility index (Phi) is 4.03. The van der Waals surface area contributed by atoms with Gasteiger partial charge in [0.25, 0.3) is 5.91 Å². The zero-order valence-electron chi connectivity index (χ0n) is 10.3. The van der Waals surface area contributed by atoms with Crippen molar-refractivity contribution in [2.45, 2.75) is 32.9 Å². The lowest BCUT2D eigenvalue weighted by Gasteiger charge is -2.13. The van der Waals surface area contributed by atoms with Crippen LogP contribution in [0.1, 0.15) is 29.2 Å². The van der Waals surface area contributed by atoms with Crippen LogP contribution in [0.3, 0.4) is 0 Å². The Morgan fingerprint density at radius 3 is 3.11 bits per heavy atom. The summed E-state index contributed by atoms with van der Waals surface area (Å²) in [7, 11) is 0. The van der Waals surface area contributed by atoms with Crippen LogP contribution in [0.4, 0.5) is 0 Å². The first-order valence-electron chi connectivity index (χ1n) is 5.78. The first-order valence-corrected chi connectivity index (χ1v) is 6.56. The van der Waals surface area contributed by atoms with E-state index in [-0.39, 0.29) is 11.9 Å². The maximum absolute atomic E-state index is 12.0. The molecule has 18 heavy (non-hydrogen) atoms. The van der Waals surface area contributed by atoms with Gasteiger partial charge < -0.3 is 9.88 Å². The second-order valence-electron chi connectivity index (χ2n) is 4.04. The highest BCUT2D eigenvalue weighted by Gasteiger charge is 2.16. The van der Waals surface area contributed by atoms with Gasteiger partial charge in [-0.25, -0.2) is 4.98 Å². The van der Waals surface area contributed by atoms with Crippen molar-refractivity contribution >= 4 is 17.4 Å². The van der Waals surface area contributed by atoms with Crippen molar-refractivity contribution in [3.63, 3.8) is 0 Å². The van der Waals surface area contributed by atoms with Crippen molar-refractivity contribution in [3.05, 3.63) is 29.3 Å². The molecule has 2 heterocycles. The van der Waals surface area contributed by atoms with Crippen LogP contribution in [-0.4, -0.2) is 31.1 Å². The lowest BCUT2D eigenvalue weighted by molar-refractivity contribution is 0.0939. The molecule has 1 amide bonds. The second-order valence-corrected chi connectivity index (χ2v) is 4.79. The third-order valence-electron chi connectivity index (χ3n) is 2.52. The summed E-state index contributed by atoms with van der Waals surface area (Å²) in [5, 5.41) is 6.87. The summed E-state index contributed by atoms with van der Waals surface area (Å²) in [6, 6.07) is 0.0264. The van der Waals surface area contributed by atoms with Gasteiger partial charge in [0.1, 0.15) is 4.88 Å². The highest BCUT2D eigenvalue weighted by atomic mass is 32.1. The Hall–Kier alpha value is -1.76. The SMILES string of the molecule is CCc1nnsc1C(=O)NC(C)Cn1ccnc1. The van der Waals surface area contributed by atoms with Crippen LogP contribution < -0.4 is 5.32 Å². The Bertz CT molecular complexity index is 507. The molecule has 0 bridgehead atoms. The normalized spacial score (nSPS) is 12.3. The van der Waals surface area contributed by atoms with Gasteiger partial charge in [-0.05, 0) is 24.9 Å². The topological polar surface area (TPSA) is 72.7 Å². The van der Waals surface area contributed by atoms with Gasteiger partial charge in [-0.3, -0.25) is 4.79 Å². The minimum atomic E-state index is -0.102. The number of carbonyl (C=O) groups is 1. The summed E-state index contributed by atoms with van der Waals surface area (Å²) in [5.41, 5.74) is 0.757. The molecule has 2 aromatic rings. The summed E-state index contributed by atoms with van der Waals surface area (Å²) in [6.07, 6.45) is 6.04. The quantitative estimate of drug-likeness (QED) is 0.879. The third kappa shape index (κ3) is 2.92. The Balaban J connectivity index is 1.95. The summed E-state index contributed by atoms with van der Waals surface area (Å²) in [6.45, 7) is 4.61. The molecule has 0 aromatic carbocycles. The number of carbonyl (C=O) groups excluding carboxylic acids is 1. The number of hydrogen-bond acceptors (Lipinski definition) is 5. The van der Waals surface area contributed by atoms with E-state index < -0.39 is 0 Å². The van der Waals surface area contributed by atoms with Crippen molar-refractivity contribution in [3.8, 4) is 0 Å². The first-order chi connectivity index (χ1) is 8.70. The van der Waals surface area contributed by atoms with E-state index in [9.17, 15) is 4.79 Å². The van der Waals surface area contributed by atoms with Crippen LogP contribution in [0.2, 0.25) is 0 Å². The van der Waals surface area contributed by atoms with E-state index in [0.717, 1.165) is 23.6 Å². The molecule has 0 aliphatic heterocycles. The third-order valence-corrected chi connectivity index (χ3v) is 3.29. The summed E-state index contributed by atoms with van der Waals surface area (Å²) >= 11 is 1.14. The highest BCUT2D eigenvalue weighted by molar-refractivity contribution is 7.08. The van der Waals surface area contributed by atoms with Crippen LogP contribution in [-0.2, 0) is 13.0 Å². The maximum atomic E-state index is 12.0. The van der Waals surface area contributed by atoms with Gasteiger partial charge in [0, 0.05) is 25.0 Å². The minimum Gasteiger partial charge on any atom is -0.347 e. The molecule has 0 aliphatic rings. The van der Waals surface area contributed by atoms with Crippen molar-refractivity contribution in [2.24, 2.45) is 0 Å². The van der Waals surface area contributed by atoms with Gasteiger partial charge in [-0.2, -0.15) is 0 Å². The number of rotatable bonds is 5. The maximum Gasteiger partial charge on any atom is 0.265 e. The van der Waals surface area contributed by atoms with Gasteiger partial charge in [-0.1, -0.05) is 11.4 Å². The lowest BCUT2D eigenvalue weighted by atomic mass is 10.2. The van der Waals surface area contributed by atoms with Crippen LogP contribution in [0, 0.1) is 0 Å². The highest BCUT2D eigenvalue weighted by Crippen LogP contribution is 2.11. The molecule has 1 unspecified atom stereocenters. The molecule has 0 fully saturated rings. The molecule has 0 spiro atoms. The number of nitrogens with one attached hydrogen (secondary N) is 1. The molecule has 1 atom stereocenters. The number of amides is 1. The Labute approximate surface area is 109 Å². The predicted molar refractivity (Wildman–Crippen MR) is 68.4 cm³/mol. The molecule has 1 N–H and O–H groups in total. The van der Waals surface area contributed by atoms with E-state index in [1.807, 2.05) is 24.6 Å². The number of aryl methyl sites for hydroxylation is 1. The molecule has 2 rings (SSSR count). The smallest absolute Gasteiger partial charge is 0.265 e. The van der Waals surface area contributed by atoms with Crippen molar-refractivity contribution < 1.29 is 4.79 Å². The number of imidazole rings is 1. The van der Waals surface area contributed by atoms with E-state index in [2.05, 4.69) is 19.9 Å². The van der Waals surface area contributed by atoms with Crippen LogP contribution >= 0.6 is 11.5 Å². The van der Waals surface area contributed by atoms with Crippen LogP contribution in [0.25, 0.3) is 0 Å². The molecular weight excluding hydrogens is 250 g/mol. The summed E-state index contributed by atoms with van der Waals surface area (Å²) in [4.78, 5) is 16.6. The predicted octanol–water partition coefficient (Wildman–Crippen LogP) is 1.12. The van der Waals surface area contributed by atoms with Gasteiger partial charge in [-0.15, -0.1) is 5.10 Å². The Morgan fingerprint density at radius 2 is 2.44 bits per heavy atom. The molecular formula is C11H15N5OS. The average molecular weight is 265 g/mol. The number of aromatic nitrogens is 4. The average Bonchev–Trinajstić information content (AvgIpc) is 2.97. The Morgan fingerprint density at radius 1 is 1.61 bits per heavy atom. The molecule has 0 saturated heterocycles. The van der Waals surface area contributed by atoms with Crippen molar-refractivity contribution in [1.82, 2.24) is 24.5 Å². The molecule has 0 saturated carbocycles. The molecule has 0 aliphatic carbocycles. The number of nitrogens with zero attached hydrogens (tertiary/aromatic N) is 4. The fraction of sp³-hybridized carbons (Fsp3) is 0.455. The molecule has 96 valence electrons. The molecule has 0 radical (unpaired) electrons. The van der Waals surface area contributed by atoms with E-state index in [4.69, 9.17) is 0 Å². The van der Waals surface area contributed by atoms with Crippen molar-refractivity contribution in [1.29, 1.82) is 0 Å². The standard InChI is InChI=1S/C11H15N5OS/c1-3-9-10(18-15-14-9)11(17)13-8(2)6-16-5-4-12-7-16/h4-5,7-8H,3,6H2,1-2H3,(H,13,17). The summed E-state index contributed by atoms with van der Waals surface area (Å²) < 4.78 is 5.74. The van der Waals surface area contributed by atoms with E-state index >= 15 is 0 Å². The zero-order chi connectivity index (χ0) is 13.0. The minimum absolute atomic E-state index is 0.0264. The van der Waals surface area contributed by atoms with Gasteiger partial charge in [0.15, 0.2) is 0 Å². The van der Waals surface area contributed by atoms with Crippen molar-refractivity contribution in [2.75, 3.05) is 0 Å². The molecule has 6 nitrogen and oxygen atoms in total. The van der Waals surface area contributed by atoms with Crippen LogP contribution in [0.15, 0.2) is 18.7 Å². The van der Waals surface area contributed by atoms with E-state index in [0.29, 0.717) is 11.4 Å².